The van der Waals surface area contributed by atoms with Crippen molar-refractivity contribution in [2.75, 3.05) is 33.1 Å². The molecule has 1 aromatic carbocycles. The Morgan fingerprint density at radius 1 is 1.35 bits per heavy atom. The van der Waals surface area contributed by atoms with Gasteiger partial charge in [0.15, 0.2) is 15.6 Å². The van der Waals surface area contributed by atoms with Gasteiger partial charge in [0.1, 0.15) is 0 Å². The van der Waals surface area contributed by atoms with Gasteiger partial charge in [-0.25, -0.2) is 8.42 Å². The molecule has 0 saturated heterocycles. The van der Waals surface area contributed by atoms with E-state index in [4.69, 9.17) is 4.74 Å². The average molecular weight is 379 g/mol. The summed E-state index contributed by atoms with van der Waals surface area (Å²) < 4.78 is 29.6. The van der Waals surface area contributed by atoms with Crippen molar-refractivity contribution in [1.29, 1.82) is 0 Å². The number of carbonyl (C=O) groups excluding carboxylic acids is 1. The molecule has 0 amide bonds. The number of rotatable bonds is 9. The molecule has 0 aliphatic carbocycles. The van der Waals surface area contributed by atoms with E-state index in [1.807, 2.05) is 6.92 Å². The van der Waals surface area contributed by atoms with Crippen LogP contribution in [0, 0.1) is 6.92 Å². The first-order chi connectivity index (χ1) is 12.3. The Hall–Kier alpha value is -2.03. The summed E-state index contributed by atoms with van der Waals surface area (Å²) in [6.07, 6.45) is 4.18. The molecule has 0 atom stereocenters. The maximum atomic E-state index is 12.7. The van der Waals surface area contributed by atoms with E-state index in [1.165, 1.54) is 24.7 Å². The highest BCUT2D eigenvalue weighted by molar-refractivity contribution is 7.90. The Morgan fingerprint density at radius 3 is 2.62 bits per heavy atom. The number of ketones is 1. The van der Waals surface area contributed by atoms with E-state index in [9.17, 15) is 13.2 Å². The van der Waals surface area contributed by atoms with Gasteiger partial charge in [-0.05, 0) is 36.7 Å². The van der Waals surface area contributed by atoms with Crippen molar-refractivity contribution in [2.24, 2.45) is 0 Å². The lowest BCUT2D eigenvalue weighted by Gasteiger charge is -2.23. The molecule has 0 fully saturated rings. The highest BCUT2D eigenvalue weighted by Gasteiger charge is 2.22. The fourth-order valence-electron chi connectivity index (χ4n) is 2.85. The fraction of sp³-hybridized carbons (Fsp3) is 0.444. The molecule has 0 aliphatic heterocycles. The van der Waals surface area contributed by atoms with Crippen LogP contribution in [0.3, 0.4) is 0 Å². The molecule has 0 saturated carbocycles. The summed E-state index contributed by atoms with van der Waals surface area (Å²) in [6.45, 7) is 6.20. The first kappa shape index (κ1) is 20.3. The van der Waals surface area contributed by atoms with Crippen LogP contribution in [0.2, 0.25) is 0 Å². The van der Waals surface area contributed by atoms with Crippen LogP contribution in [0.15, 0.2) is 29.4 Å². The van der Waals surface area contributed by atoms with Gasteiger partial charge in [0.25, 0.3) is 0 Å². The Labute approximate surface area is 154 Å². The predicted octanol–water partition coefficient (Wildman–Crippen LogP) is 1.82. The Kier molecular flexibility index (Phi) is 6.69. The largest absolute Gasteiger partial charge is 0.383 e. The maximum Gasteiger partial charge on any atom is 0.196 e. The van der Waals surface area contributed by atoms with Crippen molar-refractivity contribution in [3.8, 4) is 0 Å². The first-order valence-electron chi connectivity index (χ1n) is 8.36. The number of likely N-dealkylation sites (N-methyl/N-ethyl adjacent to an activating group) is 1. The number of aromatic amines is 1. The minimum atomic E-state index is -3.41. The highest BCUT2D eigenvalue weighted by atomic mass is 32.2. The summed E-state index contributed by atoms with van der Waals surface area (Å²) in [7, 11) is -1.78. The quantitative estimate of drug-likeness (QED) is 0.668. The van der Waals surface area contributed by atoms with Gasteiger partial charge < -0.3 is 4.74 Å². The zero-order chi connectivity index (χ0) is 19.3. The Balaban J connectivity index is 2.51. The smallest absolute Gasteiger partial charge is 0.196 e. The number of sulfone groups is 1. The van der Waals surface area contributed by atoms with Crippen LogP contribution in [-0.2, 0) is 21.1 Å². The van der Waals surface area contributed by atoms with Gasteiger partial charge in [-0.2, -0.15) is 5.10 Å². The molecule has 0 unspecified atom stereocenters. The molecule has 8 heteroatoms. The summed E-state index contributed by atoms with van der Waals surface area (Å²) >= 11 is 0. The first-order valence-corrected chi connectivity index (χ1v) is 10.3. The molecule has 142 valence electrons. The molecule has 2 rings (SSSR count). The third-order valence-electron chi connectivity index (χ3n) is 4.40. The standard InChI is InChI=1S/C18H25N3O4S/c1-5-21(8-9-25-3)12-16-13(2)15(6-7-17(16)26(4,23)24)18(22)14-10-19-20-11-14/h6-7,10-11H,5,8-9,12H2,1-4H3,(H,19,20). The molecular formula is C18H25N3O4S. The lowest BCUT2D eigenvalue weighted by Crippen LogP contribution is -2.28. The lowest BCUT2D eigenvalue weighted by molar-refractivity contribution is 0.103. The van der Waals surface area contributed by atoms with Crippen LogP contribution in [0.25, 0.3) is 0 Å². The zero-order valence-corrected chi connectivity index (χ0v) is 16.4. The number of ether oxygens (including phenoxy) is 1. The molecule has 1 N–H and O–H groups in total. The van der Waals surface area contributed by atoms with Crippen LogP contribution < -0.4 is 0 Å². The fourth-order valence-corrected chi connectivity index (χ4v) is 3.83. The van der Waals surface area contributed by atoms with Crippen molar-refractivity contribution in [3.63, 3.8) is 0 Å². The van der Waals surface area contributed by atoms with Crippen molar-refractivity contribution >= 4 is 15.6 Å². The number of aromatic nitrogens is 2. The van der Waals surface area contributed by atoms with Gasteiger partial charge >= 0.3 is 0 Å². The van der Waals surface area contributed by atoms with E-state index >= 15 is 0 Å². The summed E-state index contributed by atoms with van der Waals surface area (Å²) in [5.41, 5.74) is 2.25. The number of hydrogen-bond donors (Lipinski definition) is 1. The van der Waals surface area contributed by atoms with Gasteiger partial charge in [0, 0.05) is 38.2 Å². The number of methoxy groups -OCH3 is 1. The number of benzene rings is 1. The molecule has 0 bridgehead atoms. The van der Waals surface area contributed by atoms with Crippen LogP contribution >= 0.6 is 0 Å². The van der Waals surface area contributed by atoms with Crippen molar-refractivity contribution in [2.45, 2.75) is 25.3 Å². The van der Waals surface area contributed by atoms with E-state index in [0.717, 1.165) is 6.54 Å². The minimum Gasteiger partial charge on any atom is -0.383 e. The monoisotopic (exact) mass is 379 g/mol. The lowest BCUT2D eigenvalue weighted by atomic mass is 9.96. The molecule has 1 heterocycles. The summed E-state index contributed by atoms with van der Waals surface area (Å²) in [4.78, 5) is 15.1. The molecular weight excluding hydrogens is 354 g/mol. The molecule has 7 nitrogen and oxygen atoms in total. The maximum absolute atomic E-state index is 12.7. The summed E-state index contributed by atoms with van der Waals surface area (Å²) in [5, 5.41) is 6.44. The third-order valence-corrected chi connectivity index (χ3v) is 5.58. The van der Waals surface area contributed by atoms with Gasteiger partial charge in [-0.15, -0.1) is 0 Å². The van der Waals surface area contributed by atoms with E-state index in [-0.39, 0.29) is 10.7 Å². The molecule has 26 heavy (non-hydrogen) atoms. The van der Waals surface area contributed by atoms with Gasteiger partial charge in [0.2, 0.25) is 0 Å². The number of nitrogens with zero attached hydrogens (tertiary/aromatic N) is 2. The highest BCUT2D eigenvalue weighted by Crippen LogP contribution is 2.26. The number of hydrogen-bond acceptors (Lipinski definition) is 6. The second-order valence-corrected chi connectivity index (χ2v) is 8.15. The average Bonchev–Trinajstić information content (AvgIpc) is 3.12. The van der Waals surface area contributed by atoms with Gasteiger partial charge in [0.05, 0.1) is 23.3 Å². The van der Waals surface area contributed by atoms with E-state index in [1.54, 1.807) is 20.1 Å². The minimum absolute atomic E-state index is 0.183. The normalized spacial score (nSPS) is 11.9. The van der Waals surface area contributed by atoms with E-state index in [2.05, 4.69) is 15.1 Å². The molecule has 0 spiro atoms. The van der Waals surface area contributed by atoms with Crippen LogP contribution in [-0.4, -0.2) is 62.4 Å². The van der Waals surface area contributed by atoms with Crippen molar-refractivity contribution in [1.82, 2.24) is 15.1 Å². The molecule has 1 aromatic heterocycles. The van der Waals surface area contributed by atoms with Crippen LogP contribution in [0.5, 0.6) is 0 Å². The second-order valence-electron chi connectivity index (χ2n) is 6.16. The summed E-state index contributed by atoms with van der Waals surface area (Å²) in [5.74, 6) is -0.183. The predicted molar refractivity (Wildman–Crippen MR) is 99.1 cm³/mol. The topological polar surface area (TPSA) is 92.4 Å². The second kappa shape index (κ2) is 8.57. The third kappa shape index (κ3) is 4.57. The van der Waals surface area contributed by atoms with Gasteiger partial charge in [-0.1, -0.05) is 6.92 Å². The number of H-pyrrole nitrogens is 1. The number of nitrogens with one attached hydrogen (secondary N) is 1. The Morgan fingerprint density at radius 2 is 2.08 bits per heavy atom. The number of carbonyl (C=O) groups is 1. The zero-order valence-electron chi connectivity index (χ0n) is 15.6. The van der Waals surface area contributed by atoms with E-state index < -0.39 is 9.84 Å². The van der Waals surface area contributed by atoms with Crippen LogP contribution in [0.1, 0.15) is 34.0 Å². The van der Waals surface area contributed by atoms with Crippen molar-refractivity contribution < 1.29 is 17.9 Å². The van der Waals surface area contributed by atoms with E-state index in [0.29, 0.717) is 42.0 Å². The SMILES string of the molecule is CCN(CCOC)Cc1c(S(C)(=O)=O)ccc(C(=O)c2cn[nH]c2)c1C. The Bertz CT molecular complexity index is 861. The van der Waals surface area contributed by atoms with Gasteiger partial charge in [-0.3, -0.25) is 14.8 Å². The summed E-state index contributed by atoms with van der Waals surface area (Å²) in [6, 6.07) is 3.10. The van der Waals surface area contributed by atoms with Crippen LogP contribution in [0.4, 0.5) is 0 Å². The molecule has 0 radical (unpaired) electrons. The van der Waals surface area contributed by atoms with Crippen molar-refractivity contribution in [3.05, 3.63) is 46.8 Å². The molecule has 2 aromatic rings. The molecule has 0 aliphatic rings.